The molecule has 0 saturated heterocycles. The van der Waals surface area contributed by atoms with Crippen LogP contribution in [0.1, 0.15) is 31.9 Å². The molecule has 0 aliphatic rings. The van der Waals surface area contributed by atoms with Gasteiger partial charge in [-0.25, -0.2) is 9.97 Å². The first-order valence-corrected chi connectivity index (χ1v) is 6.57. The summed E-state index contributed by atoms with van der Waals surface area (Å²) in [7, 11) is 0. The van der Waals surface area contributed by atoms with Crippen molar-refractivity contribution in [3.05, 3.63) is 48.3 Å². The van der Waals surface area contributed by atoms with Gasteiger partial charge in [-0.2, -0.15) is 0 Å². The van der Waals surface area contributed by atoms with E-state index in [4.69, 9.17) is 4.74 Å². The molecule has 1 unspecified atom stereocenters. The molecule has 1 aromatic heterocycles. The molecule has 1 heterocycles. The zero-order chi connectivity index (χ0) is 13.5. The van der Waals surface area contributed by atoms with Gasteiger partial charge in [0.25, 0.3) is 0 Å². The second-order valence-corrected chi connectivity index (χ2v) is 4.34. The van der Waals surface area contributed by atoms with E-state index < -0.39 is 0 Å². The Kier molecular flexibility index (Phi) is 4.72. The quantitative estimate of drug-likeness (QED) is 0.861. The van der Waals surface area contributed by atoms with Crippen LogP contribution in [-0.4, -0.2) is 16.5 Å². The number of nitrogens with one attached hydrogen (secondary N) is 1. The van der Waals surface area contributed by atoms with Crippen LogP contribution in [0.15, 0.2) is 42.7 Å². The van der Waals surface area contributed by atoms with Gasteiger partial charge in [-0.05, 0) is 18.9 Å². The van der Waals surface area contributed by atoms with E-state index in [0.29, 0.717) is 5.88 Å². The van der Waals surface area contributed by atoms with Gasteiger partial charge in [-0.15, -0.1) is 0 Å². The van der Waals surface area contributed by atoms with Crippen molar-refractivity contribution in [2.75, 3.05) is 11.9 Å². The maximum atomic E-state index is 5.83. The van der Waals surface area contributed by atoms with E-state index in [2.05, 4.69) is 22.2 Å². The number of benzene rings is 1. The molecule has 0 spiro atoms. The van der Waals surface area contributed by atoms with E-state index >= 15 is 0 Å². The molecule has 0 saturated carbocycles. The van der Waals surface area contributed by atoms with Crippen molar-refractivity contribution in [1.29, 1.82) is 0 Å². The third-order valence-corrected chi connectivity index (χ3v) is 2.76. The van der Waals surface area contributed by atoms with E-state index in [1.165, 1.54) is 6.33 Å². The van der Waals surface area contributed by atoms with Gasteiger partial charge >= 0.3 is 0 Å². The normalized spacial score (nSPS) is 11.9. The molecule has 0 aliphatic heterocycles. The second kappa shape index (κ2) is 6.73. The lowest BCUT2D eigenvalue weighted by Crippen LogP contribution is -2.06. The van der Waals surface area contributed by atoms with Crippen molar-refractivity contribution in [1.82, 2.24) is 9.97 Å². The monoisotopic (exact) mass is 257 g/mol. The summed E-state index contributed by atoms with van der Waals surface area (Å²) in [5, 5.41) is 3.22. The Hall–Kier alpha value is -2.10. The fraction of sp³-hybridized carbons (Fsp3) is 0.333. The molecule has 0 bridgehead atoms. The summed E-state index contributed by atoms with van der Waals surface area (Å²) in [6, 6.07) is 11.9. The molecule has 0 aliphatic carbocycles. The highest BCUT2D eigenvalue weighted by Crippen LogP contribution is 2.20. The summed E-state index contributed by atoms with van der Waals surface area (Å²) in [5.74, 6) is 1.39. The Morgan fingerprint density at radius 1 is 1.21 bits per heavy atom. The lowest BCUT2D eigenvalue weighted by Gasteiger charge is -2.14. The zero-order valence-corrected chi connectivity index (χ0v) is 11.3. The molecule has 1 aromatic carbocycles. The van der Waals surface area contributed by atoms with Gasteiger partial charge in [-0.1, -0.05) is 37.3 Å². The average molecular weight is 257 g/mol. The first-order chi connectivity index (χ1) is 9.29. The first-order valence-electron chi connectivity index (χ1n) is 6.57. The maximum Gasteiger partial charge on any atom is 0.219 e. The zero-order valence-electron chi connectivity index (χ0n) is 11.3. The highest BCUT2D eigenvalue weighted by atomic mass is 16.5. The number of ether oxygens (including phenoxy) is 1. The molecule has 2 rings (SSSR count). The standard InChI is InChI=1S/C15H19N3O/c1-3-9-16-14-10-15(18-11-17-14)19-12(2)13-7-5-4-6-8-13/h4-8,10-12H,3,9H2,1-2H3,(H,16,17,18). The van der Waals surface area contributed by atoms with Crippen molar-refractivity contribution in [2.24, 2.45) is 0 Å². The lowest BCUT2D eigenvalue weighted by atomic mass is 10.1. The predicted molar refractivity (Wildman–Crippen MR) is 76.3 cm³/mol. The van der Waals surface area contributed by atoms with Gasteiger partial charge in [-0.3, -0.25) is 0 Å². The van der Waals surface area contributed by atoms with Gasteiger partial charge in [0.1, 0.15) is 18.2 Å². The topological polar surface area (TPSA) is 47.0 Å². The number of aromatic nitrogens is 2. The molecule has 0 amide bonds. The molecule has 4 nitrogen and oxygen atoms in total. The Bertz CT molecular complexity index is 502. The third-order valence-electron chi connectivity index (χ3n) is 2.76. The Morgan fingerprint density at radius 3 is 2.74 bits per heavy atom. The van der Waals surface area contributed by atoms with E-state index in [1.54, 1.807) is 0 Å². The summed E-state index contributed by atoms with van der Waals surface area (Å²) in [5.41, 5.74) is 1.13. The number of hydrogen-bond acceptors (Lipinski definition) is 4. The van der Waals surface area contributed by atoms with Crippen LogP contribution in [0.25, 0.3) is 0 Å². The van der Waals surface area contributed by atoms with E-state index in [0.717, 1.165) is 24.3 Å². The van der Waals surface area contributed by atoms with Crippen LogP contribution in [0, 0.1) is 0 Å². The third kappa shape index (κ3) is 3.95. The van der Waals surface area contributed by atoms with Gasteiger partial charge in [0.15, 0.2) is 0 Å². The highest BCUT2D eigenvalue weighted by molar-refractivity contribution is 5.37. The van der Waals surface area contributed by atoms with E-state index in [-0.39, 0.29) is 6.10 Å². The fourth-order valence-electron chi connectivity index (χ4n) is 1.73. The molecular formula is C15H19N3O. The van der Waals surface area contributed by atoms with Crippen molar-refractivity contribution in [3.8, 4) is 5.88 Å². The van der Waals surface area contributed by atoms with Crippen LogP contribution >= 0.6 is 0 Å². The predicted octanol–water partition coefficient (Wildman–Crippen LogP) is 3.44. The maximum absolute atomic E-state index is 5.83. The van der Waals surface area contributed by atoms with Crippen molar-refractivity contribution < 1.29 is 4.74 Å². The van der Waals surface area contributed by atoms with Crippen LogP contribution in [0.3, 0.4) is 0 Å². The molecular weight excluding hydrogens is 238 g/mol. The fourth-order valence-corrected chi connectivity index (χ4v) is 1.73. The number of hydrogen-bond donors (Lipinski definition) is 1. The molecule has 1 N–H and O–H groups in total. The summed E-state index contributed by atoms with van der Waals surface area (Å²) in [6.07, 6.45) is 2.54. The van der Waals surface area contributed by atoms with Gasteiger partial charge in [0.05, 0.1) is 0 Å². The summed E-state index contributed by atoms with van der Waals surface area (Å²) >= 11 is 0. The first kappa shape index (κ1) is 13.3. The van der Waals surface area contributed by atoms with Gasteiger partial charge in [0.2, 0.25) is 5.88 Å². The second-order valence-electron chi connectivity index (χ2n) is 4.34. The van der Waals surface area contributed by atoms with Crippen LogP contribution in [0.4, 0.5) is 5.82 Å². The minimum Gasteiger partial charge on any atom is -0.470 e. The van der Waals surface area contributed by atoms with Crippen molar-refractivity contribution in [3.63, 3.8) is 0 Å². The summed E-state index contributed by atoms with van der Waals surface area (Å²) in [6.45, 7) is 5.02. The molecule has 100 valence electrons. The Morgan fingerprint density at radius 2 is 2.00 bits per heavy atom. The molecule has 1 atom stereocenters. The van der Waals surface area contributed by atoms with Crippen LogP contribution in [0.2, 0.25) is 0 Å². The van der Waals surface area contributed by atoms with Gasteiger partial charge in [0, 0.05) is 12.6 Å². The smallest absolute Gasteiger partial charge is 0.219 e. The number of rotatable bonds is 6. The minimum atomic E-state index is -0.0323. The van der Waals surface area contributed by atoms with Crippen molar-refractivity contribution in [2.45, 2.75) is 26.4 Å². The van der Waals surface area contributed by atoms with Crippen molar-refractivity contribution >= 4 is 5.82 Å². The molecule has 2 aromatic rings. The Labute approximate surface area is 113 Å². The largest absolute Gasteiger partial charge is 0.470 e. The van der Waals surface area contributed by atoms with E-state index in [1.807, 2.05) is 43.3 Å². The summed E-state index contributed by atoms with van der Waals surface area (Å²) < 4.78 is 5.83. The number of nitrogens with zero attached hydrogens (tertiary/aromatic N) is 2. The molecule has 19 heavy (non-hydrogen) atoms. The Balaban J connectivity index is 2.02. The van der Waals surface area contributed by atoms with Crippen LogP contribution in [0.5, 0.6) is 5.88 Å². The lowest BCUT2D eigenvalue weighted by molar-refractivity contribution is 0.217. The van der Waals surface area contributed by atoms with E-state index in [9.17, 15) is 0 Å². The number of anilines is 1. The minimum absolute atomic E-state index is 0.0323. The SMILES string of the molecule is CCCNc1cc(OC(C)c2ccccc2)ncn1. The van der Waals surface area contributed by atoms with Gasteiger partial charge < -0.3 is 10.1 Å². The molecule has 0 fully saturated rings. The summed E-state index contributed by atoms with van der Waals surface area (Å²) in [4.78, 5) is 8.29. The molecule has 0 radical (unpaired) electrons. The average Bonchev–Trinajstić information content (AvgIpc) is 2.46. The highest BCUT2D eigenvalue weighted by Gasteiger charge is 2.08. The molecule has 4 heteroatoms. The van der Waals surface area contributed by atoms with Crippen LogP contribution in [-0.2, 0) is 0 Å². The van der Waals surface area contributed by atoms with Crippen LogP contribution < -0.4 is 10.1 Å².